The third-order valence-electron chi connectivity index (χ3n) is 5.10. The molecule has 1 aliphatic heterocycles. The van der Waals surface area contributed by atoms with Crippen molar-refractivity contribution >= 4 is 49.9 Å². The van der Waals surface area contributed by atoms with Gasteiger partial charge >= 0.3 is 6.09 Å². The van der Waals surface area contributed by atoms with Crippen molar-refractivity contribution in [2.75, 3.05) is 11.9 Å². The first-order chi connectivity index (χ1) is 15.1. The number of carbonyl (C=O) groups is 2. The molecule has 1 aliphatic rings. The van der Waals surface area contributed by atoms with Crippen LogP contribution < -0.4 is 5.32 Å². The van der Waals surface area contributed by atoms with Crippen LogP contribution in [0.5, 0.6) is 0 Å². The number of rotatable bonds is 3. The standard InChI is InChI=1S/C23H24FN3O3S2/c1-6-17(28)26-21-18(20-25-15-11-13(24)7-8-16(15)31-20)14-9-10-27(12(2)19(14)32-21)22(29)30-23(3,4)5/h6-8,11-12H,1,9-10H2,2-5H3,(H,26,28). The first-order valence-electron chi connectivity index (χ1n) is 10.2. The van der Waals surface area contributed by atoms with Gasteiger partial charge in [0.2, 0.25) is 5.91 Å². The van der Waals surface area contributed by atoms with E-state index in [1.165, 1.54) is 40.9 Å². The Hall–Kier alpha value is -2.78. The highest BCUT2D eigenvalue weighted by Gasteiger charge is 2.35. The highest BCUT2D eigenvalue weighted by atomic mass is 32.1. The molecule has 1 aromatic carbocycles. The van der Waals surface area contributed by atoms with Crippen LogP contribution in [0, 0.1) is 5.82 Å². The molecule has 0 spiro atoms. The maximum Gasteiger partial charge on any atom is 0.410 e. The van der Waals surface area contributed by atoms with Crippen molar-refractivity contribution in [2.24, 2.45) is 0 Å². The van der Waals surface area contributed by atoms with Gasteiger partial charge in [-0.25, -0.2) is 14.2 Å². The molecule has 3 aromatic rings. The molecular weight excluding hydrogens is 449 g/mol. The number of aromatic nitrogens is 1. The highest BCUT2D eigenvalue weighted by molar-refractivity contribution is 7.23. The lowest BCUT2D eigenvalue weighted by Crippen LogP contribution is -2.41. The number of nitrogens with one attached hydrogen (secondary N) is 1. The first kappa shape index (κ1) is 22.4. The number of halogens is 1. The fraction of sp³-hybridized carbons (Fsp3) is 0.348. The van der Waals surface area contributed by atoms with Gasteiger partial charge in [0.25, 0.3) is 0 Å². The zero-order chi connectivity index (χ0) is 23.2. The molecule has 2 aromatic heterocycles. The fourth-order valence-corrected chi connectivity index (χ4v) is 6.10. The minimum Gasteiger partial charge on any atom is -0.444 e. The van der Waals surface area contributed by atoms with E-state index in [0.29, 0.717) is 28.5 Å². The average molecular weight is 474 g/mol. The van der Waals surface area contributed by atoms with E-state index in [1.807, 2.05) is 27.7 Å². The predicted molar refractivity (Wildman–Crippen MR) is 127 cm³/mol. The third kappa shape index (κ3) is 4.27. The van der Waals surface area contributed by atoms with E-state index in [9.17, 15) is 14.0 Å². The summed E-state index contributed by atoms with van der Waals surface area (Å²) < 4.78 is 20.1. The molecule has 168 valence electrons. The molecular formula is C23H24FN3O3S2. The number of fused-ring (bicyclic) bond motifs is 2. The quantitative estimate of drug-likeness (QED) is 0.464. The maximum atomic E-state index is 13.7. The Morgan fingerprint density at radius 1 is 1.34 bits per heavy atom. The van der Waals surface area contributed by atoms with Gasteiger partial charge in [0.05, 0.1) is 16.3 Å². The minimum absolute atomic E-state index is 0.224. The Bertz CT molecular complexity index is 1230. The van der Waals surface area contributed by atoms with Crippen LogP contribution in [0.2, 0.25) is 0 Å². The molecule has 3 heterocycles. The third-order valence-corrected chi connectivity index (χ3v) is 7.47. The lowest BCUT2D eigenvalue weighted by molar-refractivity contribution is -0.111. The van der Waals surface area contributed by atoms with Crippen molar-refractivity contribution in [3.05, 3.63) is 47.1 Å². The van der Waals surface area contributed by atoms with E-state index in [1.54, 1.807) is 11.0 Å². The fourth-order valence-electron chi connectivity index (χ4n) is 3.69. The number of amides is 2. The number of thiophene rings is 1. The number of thiazole rings is 1. The van der Waals surface area contributed by atoms with Gasteiger partial charge in [-0.3, -0.25) is 4.79 Å². The molecule has 0 bridgehead atoms. The van der Waals surface area contributed by atoms with Crippen LogP contribution in [0.1, 0.15) is 44.2 Å². The van der Waals surface area contributed by atoms with Gasteiger partial charge in [0, 0.05) is 23.1 Å². The van der Waals surface area contributed by atoms with E-state index in [-0.39, 0.29) is 23.9 Å². The number of anilines is 1. The number of nitrogens with zero attached hydrogens (tertiary/aromatic N) is 2. The molecule has 32 heavy (non-hydrogen) atoms. The van der Waals surface area contributed by atoms with Gasteiger partial charge < -0.3 is 15.0 Å². The van der Waals surface area contributed by atoms with Gasteiger partial charge in [-0.1, -0.05) is 6.58 Å². The topological polar surface area (TPSA) is 71.5 Å². The van der Waals surface area contributed by atoms with Crippen LogP contribution in [0.4, 0.5) is 14.2 Å². The number of hydrogen-bond donors (Lipinski definition) is 1. The Kier molecular flexibility index (Phi) is 5.81. The molecule has 0 aliphatic carbocycles. The molecule has 0 saturated heterocycles. The van der Waals surface area contributed by atoms with Crippen molar-refractivity contribution in [1.29, 1.82) is 0 Å². The molecule has 0 radical (unpaired) electrons. The molecule has 1 unspecified atom stereocenters. The second kappa shape index (κ2) is 8.29. The summed E-state index contributed by atoms with van der Waals surface area (Å²) in [5.74, 6) is -0.669. The van der Waals surface area contributed by atoms with Gasteiger partial charge in [0.15, 0.2) is 0 Å². The zero-order valence-corrected chi connectivity index (χ0v) is 20.0. The van der Waals surface area contributed by atoms with Crippen molar-refractivity contribution in [1.82, 2.24) is 9.88 Å². The van der Waals surface area contributed by atoms with Gasteiger partial charge in [0.1, 0.15) is 21.4 Å². The highest BCUT2D eigenvalue weighted by Crippen LogP contribution is 2.48. The van der Waals surface area contributed by atoms with E-state index in [0.717, 1.165) is 20.7 Å². The normalized spacial score (nSPS) is 16.0. The Morgan fingerprint density at radius 2 is 2.09 bits per heavy atom. The number of ether oxygens (including phenoxy) is 1. The lowest BCUT2D eigenvalue weighted by Gasteiger charge is -2.35. The zero-order valence-electron chi connectivity index (χ0n) is 18.3. The van der Waals surface area contributed by atoms with Crippen LogP contribution in [-0.2, 0) is 16.0 Å². The van der Waals surface area contributed by atoms with Crippen LogP contribution >= 0.6 is 22.7 Å². The largest absolute Gasteiger partial charge is 0.444 e. The molecule has 0 fully saturated rings. The molecule has 4 rings (SSSR count). The van der Waals surface area contributed by atoms with E-state index in [4.69, 9.17) is 4.74 Å². The Morgan fingerprint density at radius 3 is 2.78 bits per heavy atom. The first-order valence-corrected chi connectivity index (χ1v) is 11.9. The summed E-state index contributed by atoms with van der Waals surface area (Å²) in [4.78, 5) is 32.2. The van der Waals surface area contributed by atoms with Crippen molar-refractivity contribution < 1.29 is 18.7 Å². The van der Waals surface area contributed by atoms with E-state index >= 15 is 0 Å². The van der Waals surface area contributed by atoms with Crippen LogP contribution in [0.25, 0.3) is 20.8 Å². The van der Waals surface area contributed by atoms with Crippen molar-refractivity contribution in [3.8, 4) is 10.6 Å². The molecule has 0 saturated carbocycles. The lowest BCUT2D eigenvalue weighted by atomic mass is 9.98. The van der Waals surface area contributed by atoms with Crippen LogP contribution in [-0.4, -0.2) is 34.0 Å². The molecule has 1 atom stereocenters. The van der Waals surface area contributed by atoms with Gasteiger partial charge in [-0.05, 0) is 57.9 Å². The number of hydrogen-bond acceptors (Lipinski definition) is 6. The van der Waals surface area contributed by atoms with E-state index in [2.05, 4.69) is 16.9 Å². The SMILES string of the molecule is C=CC(=O)Nc1sc2c(c1-c1nc3cc(F)ccc3s1)CCN(C(=O)OC(C)(C)C)C2C. The maximum absolute atomic E-state index is 13.7. The van der Waals surface area contributed by atoms with E-state index < -0.39 is 5.60 Å². The van der Waals surface area contributed by atoms with Crippen LogP contribution in [0.3, 0.4) is 0 Å². The molecule has 6 nitrogen and oxygen atoms in total. The van der Waals surface area contributed by atoms with Gasteiger partial charge in [-0.15, -0.1) is 22.7 Å². The van der Waals surface area contributed by atoms with Crippen molar-refractivity contribution in [2.45, 2.75) is 45.8 Å². The predicted octanol–water partition coefficient (Wildman–Crippen LogP) is 6.14. The summed E-state index contributed by atoms with van der Waals surface area (Å²) in [6.07, 6.45) is 1.45. The summed E-state index contributed by atoms with van der Waals surface area (Å²) >= 11 is 2.87. The van der Waals surface area contributed by atoms with Crippen LogP contribution in [0.15, 0.2) is 30.9 Å². The summed E-state index contributed by atoms with van der Waals surface area (Å²) in [6.45, 7) is 11.5. The molecule has 1 N–H and O–H groups in total. The second-order valence-corrected chi connectivity index (χ2v) is 10.7. The van der Waals surface area contributed by atoms with Gasteiger partial charge in [-0.2, -0.15) is 0 Å². The minimum atomic E-state index is -0.586. The summed E-state index contributed by atoms with van der Waals surface area (Å²) in [7, 11) is 0. The molecule has 2 amide bonds. The monoisotopic (exact) mass is 473 g/mol. The second-order valence-electron chi connectivity index (χ2n) is 8.57. The average Bonchev–Trinajstić information content (AvgIpc) is 3.27. The Balaban J connectivity index is 1.79. The Labute approximate surface area is 193 Å². The number of carbonyl (C=O) groups excluding carboxylic acids is 2. The summed E-state index contributed by atoms with van der Waals surface area (Å²) in [6, 6.07) is 4.30. The summed E-state index contributed by atoms with van der Waals surface area (Å²) in [5, 5.41) is 4.25. The van der Waals surface area contributed by atoms with Crippen molar-refractivity contribution in [3.63, 3.8) is 0 Å². The number of benzene rings is 1. The molecule has 9 heteroatoms. The smallest absolute Gasteiger partial charge is 0.410 e. The summed E-state index contributed by atoms with van der Waals surface area (Å²) in [5.41, 5.74) is 1.86.